The predicted molar refractivity (Wildman–Crippen MR) is 59.9 cm³/mol. The molecule has 2 rings (SSSR count). The van der Waals surface area contributed by atoms with E-state index >= 15 is 0 Å². The lowest BCUT2D eigenvalue weighted by Crippen LogP contribution is -2.32. The maximum Gasteiger partial charge on any atom is 0.328 e. The number of esters is 1. The van der Waals surface area contributed by atoms with E-state index in [1.165, 1.54) is 20.0 Å². The molecule has 1 fully saturated rings. The number of methoxy groups -OCH3 is 1. The molecule has 1 aromatic heterocycles. The topological polar surface area (TPSA) is 29.5 Å². The van der Waals surface area contributed by atoms with Gasteiger partial charge in [0, 0.05) is 10.9 Å². The average molecular weight is 225 g/mol. The van der Waals surface area contributed by atoms with E-state index in [2.05, 4.69) is 4.90 Å². The highest BCUT2D eigenvalue weighted by Gasteiger charge is 2.36. The third-order valence-electron chi connectivity index (χ3n) is 2.77. The summed E-state index contributed by atoms with van der Waals surface area (Å²) in [6.07, 6.45) is 2.38. The molecule has 0 N–H and O–H groups in total. The van der Waals surface area contributed by atoms with E-state index in [4.69, 9.17) is 4.74 Å². The van der Waals surface area contributed by atoms with Gasteiger partial charge in [-0.25, -0.2) is 4.79 Å². The number of thiophene rings is 1. The molecule has 1 aliphatic rings. The highest BCUT2D eigenvalue weighted by atomic mass is 32.1. The van der Waals surface area contributed by atoms with Crippen molar-refractivity contribution in [1.29, 1.82) is 0 Å². The van der Waals surface area contributed by atoms with Gasteiger partial charge >= 0.3 is 5.97 Å². The normalized spacial score (nSPS) is 17.8. The molecular formula is C11H15NO2S. The van der Waals surface area contributed by atoms with Gasteiger partial charge in [0.15, 0.2) is 0 Å². The standard InChI is InChI=1S/C11H15NO2S/c1-12(8-5-6-8)10(11(13)14-2)9-4-3-7-15-9/h3-4,7-8,10H,5-6H2,1-2H3. The summed E-state index contributed by atoms with van der Waals surface area (Å²) in [7, 11) is 3.45. The van der Waals surface area contributed by atoms with Crippen molar-refractivity contribution in [2.45, 2.75) is 24.9 Å². The first-order chi connectivity index (χ1) is 7.24. The Bertz CT molecular complexity index is 332. The van der Waals surface area contributed by atoms with Gasteiger partial charge in [0.1, 0.15) is 6.04 Å². The SMILES string of the molecule is COC(=O)C(c1cccs1)N(C)C1CC1. The zero-order chi connectivity index (χ0) is 10.8. The average Bonchev–Trinajstić information content (AvgIpc) is 2.97. The summed E-state index contributed by atoms with van der Waals surface area (Å²) < 4.78 is 4.86. The zero-order valence-electron chi connectivity index (χ0n) is 8.97. The summed E-state index contributed by atoms with van der Waals surface area (Å²) in [5.41, 5.74) is 0. The Kier molecular flexibility index (Phi) is 3.07. The highest BCUT2D eigenvalue weighted by Crippen LogP contribution is 2.34. The molecular weight excluding hydrogens is 210 g/mol. The van der Waals surface area contributed by atoms with Crippen LogP contribution < -0.4 is 0 Å². The molecule has 0 amide bonds. The minimum absolute atomic E-state index is 0.160. The van der Waals surface area contributed by atoms with Crippen LogP contribution in [-0.2, 0) is 9.53 Å². The summed E-state index contributed by atoms with van der Waals surface area (Å²) in [4.78, 5) is 14.9. The third-order valence-corrected chi connectivity index (χ3v) is 3.69. The largest absolute Gasteiger partial charge is 0.468 e. The van der Waals surface area contributed by atoms with E-state index in [-0.39, 0.29) is 12.0 Å². The molecule has 0 aromatic carbocycles. The van der Waals surface area contributed by atoms with Gasteiger partial charge in [-0.1, -0.05) is 6.07 Å². The number of ether oxygens (including phenoxy) is 1. The van der Waals surface area contributed by atoms with E-state index in [9.17, 15) is 4.79 Å². The maximum absolute atomic E-state index is 11.7. The molecule has 0 saturated heterocycles. The van der Waals surface area contributed by atoms with Gasteiger partial charge in [0.05, 0.1) is 7.11 Å². The molecule has 1 atom stereocenters. The Morgan fingerprint density at radius 1 is 1.67 bits per heavy atom. The van der Waals surface area contributed by atoms with Gasteiger partial charge in [0.25, 0.3) is 0 Å². The van der Waals surface area contributed by atoms with Crippen LogP contribution in [0.5, 0.6) is 0 Å². The number of carbonyl (C=O) groups excluding carboxylic acids is 1. The summed E-state index contributed by atoms with van der Waals surface area (Å²) in [5.74, 6) is -0.160. The minimum atomic E-state index is -0.220. The van der Waals surface area contributed by atoms with Crippen molar-refractivity contribution < 1.29 is 9.53 Å². The van der Waals surface area contributed by atoms with Crippen molar-refractivity contribution in [1.82, 2.24) is 4.90 Å². The molecule has 15 heavy (non-hydrogen) atoms. The lowest BCUT2D eigenvalue weighted by atomic mass is 10.2. The first-order valence-electron chi connectivity index (χ1n) is 5.07. The summed E-state index contributed by atoms with van der Waals surface area (Å²) in [6.45, 7) is 0. The quantitative estimate of drug-likeness (QED) is 0.735. The van der Waals surface area contributed by atoms with Crippen molar-refractivity contribution in [2.75, 3.05) is 14.2 Å². The third kappa shape index (κ3) is 2.21. The first kappa shape index (κ1) is 10.6. The van der Waals surface area contributed by atoms with Crippen LogP contribution >= 0.6 is 11.3 Å². The van der Waals surface area contributed by atoms with Crippen LogP contribution in [0.4, 0.5) is 0 Å². The van der Waals surface area contributed by atoms with Crippen molar-refractivity contribution in [3.8, 4) is 0 Å². The van der Waals surface area contributed by atoms with Crippen LogP contribution in [0.3, 0.4) is 0 Å². The van der Waals surface area contributed by atoms with Crippen LogP contribution in [0, 0.1) is 0 Å². The fourth-order valence-electron chi connectivity index (χ4n) is 1.73. The van der Waals surface area contributed by atoms with E-state index in [1.807, 2.05) is 24.6 Å². The van der Waals surface area contributed by atoms with Gasteiger partial charge in [-0.3, -0.25) is 4.90 Å². The minimum Gasteiger partial charge on any atom is -0.468 e. The molecule has 1 heterocycles. The van der Waals surface area contributed by atoms with E-state index in [0.29, 0.717) is 6.04 Å². The molecule has 4 heteroatoms. The molecule has 82 valence electrons. The van der Waals surface area contributed by atoms with Gasteiger partial charge in [-0.2, -0.15) is 0 Å². The fraction of sp³-hybridized carbons (Fsp3) is 0.545. The summed E-state index contributed by atoms with van der Waals surface area (Å²) >= 11 is 1.61. The van der Waals surface area contributed by atoms with Gasteiger partial charge in [-0.05, 0) is 31.3 Å². The van der Waals surface area contributed by atoms with Gasteiger partial charge < -0.3 is 4.74 Å². The second kappa shape index (κ2) is 4.33. The Balaban J connectivity index is 2.19. The van der Waals surface area contributed by atoms with Crippen molar-refractivity contribution in [3.63, 3.8) is 0 Å². The highest BCUT2D eigenvalue weighted by molar-refractivity contribution is 7.10. The number of hydrogen-bond acceptors (Lipinski definition) is 4. The number of nitrogens with zero attached hydrogens (tertiary/aromatic N) is 1. The Morgan fingerprint density at radius 3 is 2.87 bits per heavy atom. The molecule has 1 aromatic rings. The fourth-order valence-corrected chi connectivity index (χ4v) is 2.60. The van der Waals surface area contributed by atoms with E-state index < -0.39 is 0 Å². The number of hydrogen-bond donors (Lipinski definition) is 0. The van der Waals surface area contributed by atoms with Crippen LogP contribution in [0.2, 0.25) is 0 Å². The zero-order valence-corrected chi connectivity index (χ0v) is 9.79. The van der Waals surface area contributed by atoms with Gasteiger partial charge in [-0.15, -0.1) is 11.3 Å². The summed E-state index contributed by atoms with van der Waals surface area (Å²) in [6, 6.07) is 4.29. The van der Waals surface area contributed by atoms with E-state index in [0.717, 1.165) is 4.88 Å². The van der Waals surface area contributed by atoms with Crippen molar-refractivity contribution >= 4 is 17.3 Å². The number of rotatable bonds is 4. The lowest BCUT2D eigenvalue weighted by molar-refractivity contribution is -0.146. The van der Waals surface area contributed by atoms with Crippen LogP contribution in [-0.4, -0.2) is 31.1 Å². The predicted octanol–water partition coefficient (Wildman–Crippen LogP) is 2.06. The molecule has 0 radical (unpaired) electrons. The molecule has 1 saturated carbocycles. The lowest BCUT2D eigenvalue weighted by Gasteiger charge is -2.24. The van der Waals surface area contributed by atoms with Crippen molar-refractivity contribution in [3.05, 3.63) is 22.4 Å². The van der Waals surface area contributed by atoms with Gasteiger partial charge in [0.2, 0.25) is 0 Å². The summed E-state index contributed by atoms with van der Waals surface area (Å²) in [5, 5.41) is 1.99. The molecule has 1 unspecified atom stereocenters. The Hall–Kier alpha value is -0.870. The van der Waals surface area contributed by atoms with Crippen molar-refractivity contribution in [2.24, 2.45) is 0 Å². The molecule has 3 nitrogen and oxygen atoms in total. The van der Waals surface area contributed by atoms with E-state index in [1.54, 1.807) is 11.3 Å². The molecule has 0 bridgehead atoms. The van der Waals surface area contributed by atoms with Crippen LogP contribution in [0.15, 0.2) is 17.5 Å². The first-order valence-corrected chi connectivity index (χ1v) is 5.95. The monoisotopic (exact) mass is 225 g/mol. The number of likely N-dealkylation sites (N-methyl/N-ethyl adjacent to an activating group) is 1. The smallest absolute Gasteiger partial charge is 0.328 e. The second-order valence-corrected chi connectivity index (χ2v) is 4.82. The second-order valence-electron chi connectivity index (χ2n) is 3.84. The number of carbonyl (C=O) groups is 1. The van der Waals surface area contributed by atoms with Crippen LogP contribution in [0.1, 0.15) is 23.8 Å². The maximum atomic E-state index is 11.7. The Labute approximate surface area is 93.7 Å². The molecule has 0 spiro atoms. The Morgan fingerprint density at radius 2 is 2.40 bits per heavy atom. The molecule has 0 aliphatic heterocycles. The van der Waals surface area contributed by atoms with Crippen LogP contribution in [0.25, 0.3) is 0 Å². The molecule has 1 aliphatic carbocycles.